The molecule has 14 heavy (non-hydrogen) atoms. The van der Waals surface area contributed by atoms with Gasteiger partial charge in [-0.3, -0.25) is 0 Å². The molecule has 4 nitrogen and oxygen atoms in total. The van der Waals surface area contributed by atoms with Gasteiger partial charge in [0.05, 0.1) is 6.61 Å². The Morgan fingerprint density at radius 3 is 2.57 bits per heavy atom. The second-order valence-corrected chi connectivity index (χ2v) is 3.04. The van der Waals surface area contributed by atoms with Crippen molar-refractivity contribution in [3.05, 3.63) is 10.7 Å². The van der Waals surface area contributed by atoms with Crippen LogP contribution in [0.5, 0.6) is 0 Å². The van der Waals surface area contributed by atoms with Gasteiger partial charge >= 0.3 is 6.18 Å². The highest BCUT2D eigenvalue weighted by Crippen LogP contribution is 2.14. The van der Waals surface area contributed by atoms with E-state index >= 15 is 0 Å². The Labute approximate surface area is 85.6 Å². The number of halogens is 4. The molecule has 1 rings (SSSR count). The average molecular weight is 275 g/mol. The SMILES string of the molecule is FC(F)(F)COCCc1nnc(Br)o1. The van der Waals surface area contributed by atoms with Crippen molar-refractivity contribution in [3.8, 4) is 0 Å². The van der Waals surface area contributed by atoms with Crippen LogP contribution in [0.15, 0.2) is 9.22 Å². The molecule has 1 heterocycles. The number of rotatable bonds is 4. The lowest BCUT2D eigenvalue weighted by Gasteiger charge is -2.05. The first-order valence-corrected chi connectivity index (χ1v) is 4.39. The minimum atomic E-state index is -4.30. The molecule has 0 amide bonds. The Balaban J connectivity index is 2.16. The zero-order valence-electron chi connectivity index (χ0n) is 6.84. The molecule has 0 atom stereocenters. The summed E-state index contributed by atoms with van der Waals surface area (Å²) in [5.41, 5.74) is 0. The topological polar surface area (TPSA) is 48.2 Å². The molecule has 0 spiro atoms. The van der Waals surface area contributed by atoms with E-state index in [0.717, 1.165) is 0 Å². The molecule has 0 aromatic carbocycles. The Bertz CT molecular complexity index is 289. The van der Waals surface area contributed by atoms with Crippen LogP contribution in [-0.4, -0.2) is 29.6 Å². The standard InChI is InChI=1S/C6H6BrF3N2O2/c7-5-12-11-4(14-5)1-2-13-3-6(8,9)10/h1-3H2. The molecule has 0 fully saturated rings. The molecule has 0 aliphatic carbocycles. The van der Waals surface area contributed by atoms with Crippen LogP contribution in [0, 0.1) is 0 Å². The van der Waals surface area contributed by atoms with Crippen molar-refractivity contribution < 1.29 is 22.3 Å². The predicted octanol–water partition coefficient (Wildman–Crippen LogP) is 1.95. The van der Waals surface area contributed by atoms with Gasteiger partial charge in [-0.25, -0.2) is 0 Å². The van der Waals surface area contributed by atoms with Crippen LogP contribution < -0.4 is 0 Å². The molecular formula is C6H6BrF3N2O2. The van der Waals surface area contributed by atoms with Gasteiger partial charge in [0, 0.05) is 22.4 Å². The fourth-order valence-corrected chi connectivity index (χ4v) is 0.948. The minimum absolute atomic E-state index is 0.103. The molecule has 1 aromatic rings. The van der Waals surface area contributed by atoms with Crippen LogP contribution in [0.1, 0.15) is 5.89 Å². The first kappa shape index (κ1) is 11.4. The third kappa shape index (κ3) is 4.56. The van der Waals surface area contributed by atoms with Crippen molar-refractivity contribution in [2.24, 2.45) is 0 Å². The zero-order valence-corrected chi connectivity index (χ0v) is 8.43. The summed E-state index contributed by atoms with van der Waals surface area (Å²) in [5, 5.41) is 6.99. The smallest absolute Gasteiger partial charge is 0.411 e. The van der Waals surface area contributed by atoms with Crippen molar-refractivity contribution in [2.75, 3.05) is 13.2 Å². The molecule has 0 bridgehead atoms. The molecular weight excluding hydrogens is 269 g/mol. The number of nitrogens with zero attached hydrogens (tertiary/aromatic N) is 2. The van der Waals surface area contributed by atoms with E-state index in [1.165, 1.54) is 0 Å². The Kier molecular flexibility index (Phi) is 3.87. The summed E-state index contributed by atoms with van der Waals surface area (Å²) in [4.78, 5) is 0.198. The molecule has 0 N–H and O–H groups in total. The van der Waals surface area contributed by atoms with Crippen LogP contribution in [0.3, 0.4) is 0 Å². The third-order valence-corrected chi connectivity index (χ3v) is 1.49. The van der Waals surface area contributed by atoms with Crippen molar-refractivity contribution in [1.82, 2.24) is 10.2 Å². The van der Waals surface area contributed by atoms with E-state index in [0.29, 0.717) is 0 Å². The summed E-state index contributed by atoms with van der Waals surface area (Å²) >= 11 is 2.91. The third-order valence-electron chi connectivity index (χ3n) is 1.17. The van der Waals surface area contributed by atoms with Crippen molar-refractivity contribution >= 4 is 15.9 Å². The monoisotopic (exact) mass is 274 g/mol. The normalized spacial score (nSPS) is 12.0. The largest absolute Gasteiger partial charge is 0.416 e. The van der Waals surface area contributed by atoms with Crippen LogP contribution in [0.2, 0.25) is 0 Å². The van der Waals surface area contributed by atoms with Gasteiger partial charge in [-0.15, -0.1) is 10.2 Å². The molecule has 0 saturated heterocycles. The summed E-state index contributed by atoms with van der Waals surface area (Å²) < 4.78 is 44.0. The summed E-state index contributed by atoms with van der Waals surface area (Å²) in [6, 6.07) is 0. The quantitative estimate of drug-likeness (QED) is 0.788. The molecule has 8 heteroatoms. The first-order chi connectivity index (χ1) is 6.47. The first-order valence-electron chi connectivity index (χ1n) is 3.60. The fourth-order valence-electron chi connectivity index (χ4n) is 0.682. The summed E-state index contributed by atoms with van der Waals surface area (Å²) in [7, 11) is 0. The number of aromatic nitrogens is 2. The lowest BCUT2D eigenvalue weighted by atomic mass is 10.4. The Hall–Kier alpha value is -0.630. The maximum absolute atomic E-state index is 11.6. The summed E-state index contributed by atoms with van der Waals surface area (Å²) in [5.74, 6) is 0.235. The van der Waals surface area contributed by atoms with E-state index < -0.39 is 12.8 Å². The molecule has 0 saturated carbocycles. The van der Waals surface area contributed by atoms with Crippen LogP contribution in [0.4, 0.5) is 13.2 Å². The van der Waals surface area contributed by atoms with E-state index in [1.807, 2.05) is 0 Å². The van der Waals surface area contributed by atoms with E-state index in [1.54, 1.807) is 0 Å². The molecule has 0 unspecified atom stereocenters. The van der Waals surface area contributed by atoms with Gasteiger partial charge in [0.25, 0.3) is 4.80 Å². The highest BCUT2D eigenvalue weighted by Gasteiger charge is 2.27. The van der Waals surface area contributed by atoms with Crippen molar-refractivity contribution in [1.29, 1.82) is 0 Å². The molecule has 1 aromatic heterocycles. The van der Waals surface area contributed by atoms with Crippen molar-refractivity contribution in [3.63, 3.8) is 0 Å². The molecule has 0 radical (unpaired) electrons. The maximum Gasteiger partial charge on any atom is 0.411 e. The number of alkyl halides is 3. The maximum atomic E-state index is 11.6. The number of hydrogen-bond acceptors (Lipinski definition) is 4. The highest BCUT2D eigenvalue weighted by atomic mass is 79.9. The minimum Gasteiger partial charge on any atom is -0.416 e. The van der Waals surface area contributed by atoms with Gasteiger partial charge < -0.3 is 9.15 Å². The van der Waals surface area contributed by atoms with Gasteiger partial charge in [-0.2, -0.15) is 13.2 Å². The van der Waals surface area contributed by atoms with Crippen LogP contribution in [-0.2, 0) is 11.2 Å². The second-order valence-electron chi connectivity index (χ2n) is 2.37. The van der Waals surface area contributed by atoms with E-state index in [-0.39, 0.29) is 23.7 Å². The van der Waals surface area contributed by atoms with E-state index in [2.05, 4.69) is 30.9 Å². The van der Waals surface area contributed by atoms with Gasteiger partial charge in [0.1, 0.15) is 6.61 Å². The Morgan fingerprint density at radius 2 is 2.07 bits per heavy atom. The number of ether oxygens (including phenoxy) is 1. The van der Waals surface area contributed by atoms with E-state index in [9.17, 15) is 13.2 Å². The highest BCUT2D eigenvalue weighted by molar-refractivity contribution is 9.10. The zero-order chi connectivity index (χ0) is 10.6. The summed E-state index contributed by atoms with van der Waals surface area (Å²) in [6.45, 7) is -1.36. The van der Waals surface area contributed by atoms with E-state index in [4.69, 9.17) is 4.42 Å². The van der Waals surface area contributed by atoms with Crippen LogP contribution in [0.25, 0.3) is 0 Å². The lowest BCUT2D eigenvalue weighted by molar-refractivity contribution is -0.173. The van der Waals surface area contributed by atoms with Gasteiger partial charge in [-0.05, 0) is 0 Å². The van der Waals surface area contributed by atoms with Gasteiger partial charge in [0.15, 0.2) is 0 Å². The molecule has 0 aliphatic rings. The second kappa shape index (κ2) is 4.74. The number of hydrogen-bond donors (Lipinski definition) is 0. The summed E-state index contributed by atoms with van der Waals surface area (Å²) in [6.07, 6.45) is -4.13. The molecule has 0 aliphatic heterocycles. The van der Waals surface area contributed by atoms with Gasteiger partial charge in [0.2, 0.25) is 5.89 Å². The fraction of sp³-hybridized carbons (Fsp3) is 0.667. The van der Waals surface area contributed by atoms with Gasteiger partial charge in [-0.1, -0.05) is 0 Å². The lowest BCUT2D eigenvalue weighted by Crippen LogP contribution is -2.17. The van der Waals surface area contributed by atoms with Crippen LogP contribution >= 0.6 is 15.9 Å². The van der Waals surface area contributed by atoms with Crippen molar-refractivity contribution in [2.45, 2.75) is 12.6 Å². The Morgan fingerprint density at radius 1 is 1.36 bits per heavy atom. The molecule has 80 valence electrons. The average Bonchev–Trinajstić information content (AvgIpc) is 2.44. The predicted molar refractivity (Wildman–Crippen MR) is 42.6 cm³/mol.